The molecule has 1 fully saturated rings. The van der Waals surface area contributed by atoms with Crippen molar-refractivity contribution in [2.75, 3.05) is 6.61 Å². The monoisotopic (exact) mass is 271 g/mol. The Morgan fingerprint density at radius 2 is 2.15 bits per heavy atom. The van der Waals surface area contributed by atoms with Crippen molar-refractivity contribution < 1.29 is 9.84 Å². The molecule has 3 heteroatoms. The van der Waals surface area contributed by atoms with Gasteiger partial charge in [-0.15, -0.1) is 0 Å². The van der Waals surface area contributed by atoms with Gasteiger partial charge < -0.3 is 9.84 Å². The van der Waals surface area contributed by atoms with Gasteiger partial charge in [-0.05, 0) is 37.3 Å². The fraction of sp³-hybridized carbons (Fsp3) is 0.588. The second-order valence-electron chi connectivity index (χ2n) is 6.19. The van der Waals surface area contributed by atoms with Crippen LogP contribution in [0.5, 0.6) is 0 Å². The van der Waals surface area contributed by atoms with Gasteiger partial charge in [0.15, 0.2) is 0 Å². The minimum Gasteiger partial charge on any atom is -0.388 e. The minimum atomic E-state index is -0.976. The van der Waals surface area contributed by atoms with Gasteiger partial charge in [-0.25, -0.2) is 0 Å². The summed E-state index contributed by atoms with van der Waals surface area (Å²) in [6.45, 7) is 2.51. The highest BCUT2D eigenvalue weighted by Gasteiger charge is 2.55. The topological polar surface area (TPSA) is 53.2 Å². The summed E-state index contributed by atoms with van der Waals surface area (Å²) >= 11 is 0. The average molecular weight is 271 g/mol. The Morgan fingerprint density at radius 1 is 1.35 bits per heavy atom. The number of hydrogen-bond donors (Lipinski definition) is 1. The smallest absolute Gasteiger partial charge is 0.111 e. The lowest BCUT2D eigenvalue weighted by Crippen LogP contribution is -2.56. The van der Waals surface area contributed by atoms with Crippen LogP contribution in [0.3, 0.4) is 0 Å². The third-order valence-corrected chi connectivity index (χ3v) is 5.00. The number of nitriles is 1. The van der Waals surface area contributed by atoms with E-state index in [2.05, 4.69) is 12.1 Å². The molecule has 106 valence electrons. The molecule has 1 N–H and O–H groups in total. The minimum absolute atomic E-state index is 0.00747. The molecule has 1 aliphatic carbocycles. The van der Waals surface area contributed by atoms with E-state index in [4.69, 9.17) is 4.74 Å². The van der Waals surface area contributed by atoms with Crippen LogP contribution >= 0.6 is 0 Å². The van der Waals surface area contributed by atoms with Gasteiger partial charge in [0, 0.05) is 19.4 Å². The maximum absolute atomic E-state index is 11.3. The molecule has 1 aromatic carbocycles. The maximum atomic E-state index is 11.3. The molecular formula is C17H21NO2. The Kier molecular flexibility index (Phi) is 3.32. The summed E-state index contributed by atoms with van der Waals surface area (Å²) in [6.07, 6.45) is 3.79. The van der Waals surface area contributed by atoms with E-state index in [0.717, 1.165) is 24.8 Å². The van der Waals surface area contributed by atoms with Gasteiger partial charge in [-0.1, -0.05) is 24.3 Å². The number of aryl methyl sites for hydroxylation is 1. The Morgan fingerprint density at radius 3 is 2.90 bits per heavy atom. The van der Waals surface area contributed by atoms with Crippen molar-refractivity contribution >= 4 is 0 Å². The van der Waals surface area contributed by atoms with Crippen molar-refractivity contribution in [2.45, 2.75) is 56.1 Å². The third kappa shape index (κ3) is 1.87. The Hall–Kier alpha value is -1.37. The molecule has 1 saturated heterocycles. The van der Waals surface area contributed by atoms with E-state index in [1.54, 1.807) is 0 Å². The molecule has 3 nitrogen and oxygen atoms in total. The van der Waals surface area contributed by atoms with Gasteiger partial charge in [0.25, 0.3) is 0 Å². The second-order valence-corrected chi connectivity index (χ2v) is 6.19. The molecule has 1 aromatic rings. The SMILES string of the molecule is CC1CC(O)(C2(C#N)CCCc3ccccc32)CCO1. The van der Waals surface area contributed by atoms with Crippen molar-refractivity contribution in [2.24, 2.45) is 0 Å². The van der Waals surface area contributed by atoms with E-state index in [1.165, 1.54) is 5.56 Å². The molecule has 20 heavy (non-hydrogen) atoms. The van der Waals surface area contributed by atoms with Gasteiger partial charge in [0.2, 0.25) is 0 Å². The number of rotatable bonds is 1. The van der Waals surface area contributed by atoms with E-state index in [9.17, 15) is 10.4 Å². The van der Waals surface area contributed by atoms with Crippen molar-refractivity contribution in [3.05, 3.63) is 35.4 Å². The number of benzene rings is 1. The summed E-state index contributed by atoms with van der Waals surface area (Å²) in [4.78, 5) is 0. The van der Waals surface area contributed by atoms with Crippen LogP contribution in [0.1, 0.15) is 43.7 Å². The number of nitrogens with zero attached hydrogens (tertiary/aromatic N) is 1. The first kappa shape index (κ1) is 13.6. The van der Waals surface area contributed by atoms with Gasteiger partial charge >= 0.3 is 0 Å². The molecule has 0 aromatic heterocycles. The van der Waals surface area contributed by atoms with Crippen molar-refractivity contribution in [3.63, 3.8) is 0 Å². The first-order chi connectivity index (χ1) is 9.61. The molecule has 0 spiro atoms. The van der Waals surface area contributed by atoms with Gasteiger partial charge in [0.1, 0.15) is 5.41 Å². The van der Waals surface area contributed by atoms with Crippen molar-refractivity contribution in [1.82, 2.24) is 0 Å². The largest absolute Gasteiger partial charge is 0.388 e. The lowest BCUT2D eigenvalue weighted by molar-refractivity contribution is -0.129. The lowest BCUT2D eigenvalue weighted by Gasteiger charge is -2.49. The van der Waals surface area contributed by atoms with Gasteiger partial charge in [-0.2, -0.15) is 5.26 Å². The predicted octanol–water partition coefficient (Wildman–Crippen LogP) is 2.71. The summed E-state index contributed by atoms with van der Waals surface area (Å²) in [7, 11) is 0. The molecule has 1 aliphatic heterocycles. The zero-order valence-corrected chi connectivity index (χ0v) is 11.9. The fourth-order valence-electron chi connectivity index (χ4n) is 3.99. The standard InChI is InChI=1S/C17H21NO2/c1-13-11-17(19,9-10-20-13)16(12-18)8-4-6-14-5-2-3-7-15(14)16/h2-3,5,7,13,19H,4,6,8-11H2,1H3. The van der Waals surface area contributed by atoms with Crippen LogP contribution in [0, 0.1) is 11.3 Å². The van der Waals surface area contributed by atoms with Crippen LogP contribution in [0.25, 0.3) is 0 Å². The van der Waals surface area contributed by atoms with Crippen LogP contribution in [0.4, 0.5) is 0 Å². The van der Waals surface area contributed by atoms with E-state index in [0.29, 0.717) is 19.4 Å². The molecule has 0 saturated carbocycles. The molecule has 0 bridgehead atoms. The Labute approximate surface area is 120 Å². The first-order valence-electron chi connectivity index (χ1n) is 7.45. The summed E-state index contributed by atoms with van der Waals surface area (Å²) in [6, 6.07) is 10.6. The zero-order chi connectivity index (χ0) is 14.2. The van der Waals surface area contributed by atoms with E-state index in [1.807, 2.05) is 25.1 Å². The molecular weight excluding hydrogens is 250 g/mol. The van der Waals surface area contributed by atoms with Gasteiger partial charge in [-0.3, -0.25) is 0 Å². The van der Waals surface area contributed by atoms with Gasteiger partial charge in [0.05, 0.1) is 17.8 Å². The Bertz CT molecular complexity index is 550. The van der Waals surface area contributed by atoms with E-state index < -0.39 is 11.0 Å². The van der Waals surface area contributed by atoms with Crippen LogP contribution < -0.4 is 0 Å². The van der Waals surface area contributed by atoms with Crippen LogP contribution in [-0.2, 0) is 16.6 Å². The summed E-state index contributed by atoms with van der Waals surface area (Å²) in [5, 5.41) is 21.2. The third-order valence-electron chi connectivity index (χ3n) is 5.00. The fourth-order valence-corrected chi connectivity index (χ4v) is 3.99. The van der Waals surface area contributed by atoms with Crippen molar-refractivity contribution in [1.29, 1.82) is 5.26 Å². The zero-order valence-electron chi connectivity index (χ0n) is 11.9. The number of aliphatic hydroxyl groups is 1. The predicted molar refractivity (Wildman–Crippen MR) is 76.3 cm³/mol. The van der Waals surface area contributed by atoms with Crippen LogP contribution in [-0.4, -0.2) is 23.4 Å². The summed E-state index contributed by atoms with van der Waals surface area (Å²) in [5.41, 5.74) is 0.494. The lowest BCUT2D eigenvalue weighted by atomic mass is 9.58. The summed E-state index contributed by atoms with van der Waals surface area (Å²) in [5.74, 6) is 0. The molecule has 3 unspecified atom stereocenters. The molecule has 0 radical (unpaired) electrons. The highest BCUT2D eigenvalue weighted by molar-refractivity contribution is 5.45. The molecule has 1 heterocycles. The molecule has 3 atom stereocenters. The maximum Gasteiger partial charge on any atom is 0.111 e. The Balaban J connectivity index is 2.11. The highest BCUT2D eigenvalue weighted by atomic mass is 16.5. The van der Waals surface area contributed by atoms with E-state index in [-0.39, 0.29) is 6.10 Å². The van der Waals surface area contributed by atoms with E-state index >= 15 is 0 Å². The highest BCUT2D eigenvalue weighted by Crippen LogP contribution is 2.49. The first-order valence-corrected chi connectivity index (χ1v) is 7.45. The summed E-state index contributed by atoms with van der Waals surface area (Å²) < 4.78 is 5.57. The number of ether oxygens (including phenoxy) is 1. The number of fused-ring (bicyclic) bond motifs is 1. The second kappa shape index (κ2) is 4.87. The quantitative estimate of drug-likeness (QED) is 0.854. The molecule has 3 rings (SSSR count). The average Bonchev–Trinajstić information content (AvgIpc) is 2.46. The van der Waals surface area contributed by atoms with Crippen LogP contribution in [0.2, 0.25) is 0 Å². The molecule has 0 amide bonds. The van der Waals surface area contributed by atoms with Crippen molar-refractivity contribution in [3.8, 4) is 6.07 Å². The molecule has 2 aliphatic rings. The number of hydrogen-bond acceptors (Lipinski definition) is 3. The van der Waals surface area contributed by atoms with Crippen LogP contribution in [0.15, 0.2) is 24.3 Å². The normalized spacial score (nSPS) is 37.0.